The monoisotopic (exact) mass is 301 g/mol. The van der Waals surface area contributed by atoms with Crippen molar-refractivity contribution in [2.24, 2.45) is 0 Å². The maximum absolute atomic E-state index is 11.9. The molecule has 0 saturated carbocycles. The molecule has 0 spiro atoms. The molecule has 0 aromatic carbocycles. The second-order valence-corrected chi connectivity index (χ2v) is 4.83. The van der Waals surface area contributed by atoms with Crippen LogP contribution >= 0.6 is 15.9 Å². The number of unbranched alkanes of at least 4 members (excludes halogenated alkanes) is 2. The highest BCUT2D eigenvalue weighted by Gasteiger charge is 2.07. The molecule has 0 amide bonds. The van der Waals surface area contributed by atoms with E-state index in [1.807, 2.05) is 6.92 Å². The summed E-state index contributed by atoms with van der Waals surface area (Å²) < 4.78 is 2.07. The number of anilines is 1. The van der Waals surface area contributed by atoms with Crippen LogP contribution in [0.15, 0.2) is 15.5 Å². The first kappa shape index (κ1) is 14.2. The average Bonchev–Trinajstić information content (AvgIpc) is 2.33. The highest BCUT2D eigenvalue weighted by molar-refractivity contribution is 9.10. The Labute approximate surface area is 111 Å². The highest BCUT2D eigenvalue weighted by atomic mass is 79.9. The van der Waals surface area contributed by atoms with Crippen molar-refractivity contribution in [3.8, 4) is 0 Å². The molecule has 0 aliphatic rings. The van der Waals surface area contributed by atoms with Crippen LogP contribution in [0.3, 0.4) is 0 Å². The fourth-order valence-corrected chi connectivity index (χ4v) is 2.00. The number of aromatic nitrogens is 2. The van der Waals surface area contributed by atoms with Gasteiger partial charge in [-0.3, -0.25) is 4.79 Å². The van der Waals surface area contributed by atoms with E-state index in [1.54, 1.807) is 6.20 Å². The van der Waals surface area contributed by atoms with Crippen LogP contribution in [0.2, 0.25) is 0 Å². The third kappa shape index (κ3) is 4.15. The van der Waals surface area contributed by atoms with Gasteiger partial charge in [0.05, 0.1) is 11.9 Å². The Morgan fingerprint density at radius 1 is 1.35 bits per heavy atom. The number of nitrogens with one attached hydrogen (secondary N) is 1. The van der Waals surface area contributed by atoms with E-state index in [9.17, 15) is 4.79 Å². The zero-order valence-corrected chi connectivity index (χ0v) is 12.1. The molecule has 0 bridgehead atoms. The Bertz CT molecular complexity index is 403. The van der Waals surface area contributed by atoms with Crippen LogP contribution in [0.25, 0.3) is 0 Å². The maximum Gasteiger partial charge on any atom is 0.283 e. The predicted molar refractivity (Wildman–Crippen MR) is 74.5 cm³/mol. The lowest BCUT2D eigenvalue weighted by molar-refractivity contribution is 0.565. The van der Waals surface area contributed by atoms with Gasteiger partial charge in [0.15, 0.2) is 0 Å². The zero-order valence-electron chi connectivity index (χ0n) is 10.5. The minimum absolute atomic E-state index is 0.0626. The lowest BCUT2D eigenvalue weighted by Crippen LogP contribution is -2.24. The molecule has 1 aromatic rings. The van der Waals surface area contributed by atoms with E-state index in [4.69, 9.17) is 0 Å². The summed E-state index contributed by atoms with van der Waals surface area (Å²) >= 11 is 3.33. The van der Waals surface area contributed by atoms with Crippen LogP contribution in [-0.4, -0.2) is 16.3 Å². The average molecular weight is 302 g/mol. The minimum Gasteiger partial charge on any atom is -0.383 e. The van der Waals surface area contributed by atoms with Crippen LogP contribution in [0.5, 0.6) is 0 Å². The molecule has 0 unspecified atom stereocenters. The van der Waals surface area contributed by atoms with Gasteiger partial charge in [-0.25, -0.2) is 4.68 Å². The van der Waals surface area contributed by atoms with Crippen molar-refractivity contribution in [2.45, 2.75) is 46.1 Å². The number of hydrogen-bond donors (Lipinski definition) is 1. The van der Waals surface area contributed by atoms with E-state index >= 15 is 0 Å². The lowest BCUT2D eigenvalue weighted by atomic mass is 10.2. The third-order valence-corrected chi connectivity index (χ3v) is 3.28. The third-order valence-electron chi connectivity index (χ3n) is 2.52. The molecule has 0 atom stereocenters. The summed E-state index contributed by atoms with van der Waals surface area (Å²) in [6.07, 6.45) is 6.13. The molecular formula is C12H20BrN3O. The van der Waals surface area contributed by atoms with Gasteiger partial charge in [0, 0.05) is 13.1 Å². The maximum atomic E-state index is 11.9. The van der Waals surface area contributed by atoms with E-state index in [1.165, 1.54) is 17.5 Å². The molecule has 0 aliphatic carbocycles. The van der Waals surface area contributed by atoms with Gasteiger partial charge in [-0.05, 0) is 28.8 Å². The standard InChI is InChI=1S/C12H20BrN3O/c1-3-5-6-7-14-10-9-15-16(8-4-2)12(17)11(10)13/h9,14H,3-8H2,1-2H3. The van der Waals surface area contributed by atoms with E-state index in [0.29, 0.717) is 11.0 Å². The normalized spacial score (nSPS) is 10.5. The van der Waals surface area contributed by atoms with Crippen molar-refractivity contribution < 1.29 is 0 Å². The number of nitrogens with zero attached hydrogens (tertiary/aromatic N) is 2. The van der Waals surface area contributed by atoms with Crippen LogP contribution in [0, 0.1) is 0 Å². The van der Waals surface area contributed by atoms with Gasteiger partial charge in [-0.15, -0.1) is 0 Å². The number of aryl methyl sites for hydroxylation is 1. The summed E-state index contributed by atoms with van der Waals surface area (Å²) in [5.41, 5.74) is 0.728. The summed E-state index contributed by atoms with van der Waals surface area (Å²) in [4.78, 5) is 11.9. The van der Waals surface area contributed by atoms with E-state index in [0.717, 1.165) is 25.1 Å². The van der Waals surface area contributed by atoms with Crippen molar-refractivity contribution in [3.63, 3.8) is 0 Å². The van der Waals surface area contributed by atoms with E-state index < -0.39 is 0 Å². The van der Waals surface area contributed by atoms with Crippen LogP contribution in [0.4, 0.5) is 5.69 Å². The molecule has 1 N–H and O–H groups in total. The van der Waals surface area contributed by atoms with Gasteiger partial charge in [-0.1, -0.05) is 26.7 Å². The molecule has 0 fully saturated rings. The lowest BCUT2D eigenvalue weighted by Gasteiger charge is -2.09. The first-order chi connectivity index (χ1) is 8.20. The SMILES string of the molecule is CCCCCNc1cnn(CCC)c(=O)c1Br. The minimum atomic E-state index is -0.0626. The van der Waals surface area contributed by atoms with Crippen molar-refractivity contribution in [1.82, 2.24) is 9.78 Å². The second-order valence-electron chi connectivity index (χ2n) is 4.03. The molecule has 17 heavy (non-hydrogen) atoms. The highest BCUT2D eigenvalue weighted by Crippen LogP contribution is 2.16. The zero-order chi connectivity index (χ0) is 12.7. The van der Waals surface area contributed by atoms with E-state index in [2.05, 4.69) is 33.3 Å². The molecule has 1 heterocycles. The van der Waals surface area contributed by atoms with Gasteiger partial charge in [0.1, 0.15) is 4.47 Å². The van der Waals surface area contributed by atoms with Crippen molar-refractivity contribution in [3.05, 3.63) is 21.0 Å². The molecule has 0 saturated heterocycles. The Hall–Kier alpha value is -0.840. The summed E-state index contributed by atoms with van der Waals surface area (Å²) in [6.45, 7) is 5.74. The van der Waals surface area contributed by atoms with Gasteiger partial charge in [-0.2, -0.15) is 5.10 Å². The number of hydrogen-bond acceptors (Lipinski definition) is 3. The molecule has 0 radical (unpaired) electrons. The molecule has 5 heteroatoms. The number of halogens is 1. The van der Waals surface area contributed by atoms with Crippen molar-refractivity contribution in [1.29, 1.82) is 0 Å². The largest absolute Gasteiger partial charge is 0.383 e. The van der Waals surface area contributed by atoms with Crippen molar-refractivity contribution in [2.75, 3.05) is 11.9 Å². The van der Waals surface area contributed by atoms with Crippen molar-refractivity contribution >= 4 is 21.6 Å². The second kappa shape index (κ2) is 7.48. The van der Waals surface area contributed by atoms with Crippen LogP contribution in [-0.2, 0) is 6.54 Å². The van der Waals surface area contributed by atoms with E-state index in [-0.39, 0.29) is 5.56 Å². The molecule has 0 aliphatic heterocycles. The smallest absolute Gasteiger partial charge is 0.283 e. The Morgan fingerprint density at radius 2 is 2.12 bits per heavy atom. The topological polar surface area (TPSA) is 46.9 Å². The fraction of sp³-hybridized carbons (Fsp3) is 0.667. The van der Waals surface area contributed by atoms with Crippen LogP contribution in [0.1, 0.15) is 39.5 Å². The Morgan fingerprint density at radius 3 is 2.76 bits per heavy atom. The predicted octanol–water partition coefficient (Wildman–Crippen LogP) is 3.02. The first-order valence-electron chi connectivity index (χ1n) is 6.20. The summed E-state index contributed by atoms with van der Waals surface area (Å²) in [5.74, 6) is 0. The summed E-state index contributed by atoms with van der Waals surface area (Å²) in [7, 11) is 0. The van der Waals surface area contributed by atoms with Crippen LogP contribution < -0.4 is 10.9 Å². The fourth-order valence-electron chi connectivity index (χ4n) is 1.56. The van der Waals surface area contributed by atoms with Gasteiger partial charge < -0.3 is 5.32 Å². The summed E-state index contributed by atoms with van der Waals surface area (Å²) in [6, 6.07) is 0. The van der Waals surface area contributed by atoms with Gasteiger partial charge >= 0.3 is 0 Å². The molecule has 4 nitrogen and oxygen atoms in total. The Kier molecular flexibility index (Phi) is 6.26. The van der Waals surface area contributed by atoms with Gasteiger partial charge in [0.25, 0.3) is 5.56 Å². The quantitative estimate of drug-likeness (QED) is 0.788. The molecular weight excluding hydrogens is 282 g/mol. The molecule has 1 rings (SSSR count). The summed E-state index contributed by atoms with van der Waals surface area (Å²) in [5, 5.41) is 7.37. The molecule has 96 valence electrons. The first-order valence-corrected chi connectivity index (χ1v) is 6.99. The Balaban J connectivity index is 2.68. The van der Waals surface area contributed by atoms with Gasteiger partial charge in [0.2, 0.25) is 0 Å². The molecule has 1 aromatic heterocycles. The number of rotatable bonds is 7.